The monoisotopic (exact) mass is 251 g/mol. The van der Waals surface area contributed by atoms with Crippen LogP contribution in [0, 0.1) is 5.92 Å². The van der Waals surface area contributed by atoms with E-state index in [0.717, 1.165) is 0 Å². The molecule has 0 spiro atoms. The first-order valence-corrected chi connectivity index (χ1v) is 5.82. The van der Waals surface area contributed by atoms with Gasteiger partial charge < -0.3 is 10.5 Å². The summed E-state index contributed by atoms with van der Waals surface area (Å²) in [5.41, 5.74) is 6.67. The van der Waals surface area contributed by atoms with E-state index in [1.807, 2.05) is 13.8 Å². The van der Waals surface area contributed by atoms with E-state index >= 15 is 0 Å². The molecule has 0 saturated carbocycles. The van der Waals surface area contributed by atoms with Gasteiger partial charge in [0.1, 0.15) is 11.8 Å². The topological polar surface area (TPSA) is 78.9 Å². The van der Waals surface area contributed by atoms with E-state index in [0.29, 0.717) is 11.2 Å². The maximum atomic E-state index is 14.2. The molecular formula is C11H14FN5O. The summed E-state index contributed by atoms with van der Waals surface area (Å²) in [6.45, 7) is 3.69. The number of fused-ring (bicyclic) bond motifs is 1. The number of hydrogen-bond donors (Lipinski definition) is 1. The largest absolute Gasteiger partial charge is 0.382 e. The summed E-state index contributed by atoms with van der Waals surface area (Å²) < 4.78 is 21.4. The van der Waals surface area contributed by atoms with Crippen LogP contribution in [0.15, 0.2) is 12.7 Å². The summed E-state index contributed by atoms with van der Waals surface area (Å²) in [5.74, 6) is 0.125. The van der Waals surface area contributed by atoms with E-state index in [1.54, 1.807) is 4.57 Å². The summed E-state index contributed by atoms with van der Waals surface area (Å²) in [6.07, 6.45) is 0.910. The molecule has 2 aromatic rings. The van der Waals surface area contributed by atoms with Crippen LogP contribution in [0.5, 0.6) is 0 Å². The van der Waals surface area contributed by atoms with Gasteiger partial charge in [-0.25, -0.2) is 19.3 Å². The lowest BCUT2D eigenvalue weighted by molar-refractivity contribution is -0.0102. The first kappa shape index (κ1) is 11.3. The van der Waals surface area contributed by atoms with Gasteiger partial charge in [0.2, 0.25) is 0 Å². The highest BCUT2D eigenvalue weighted by atomic mass is 19.1. The highest BCUT2D eigenvalue weighted by Crippen LogP contribution is 2.37. The fraction of sp³-hybridized carbons (Fsp3) is 0.545. The zero-order valence-corrected chi connectivity index (χ0v) is 10.1. The Morgan fingerprint density at radius 3 is 2.78 bits per heavy atom. The van der Waals surface area contributed by atoms with Crippen molar-refractivity contribution >= 4 is 17.0 Å². The van der Waals surface area contributed by atoms with Gasteiger partial charge in [-0.2, -0.15) is 0 Å². The first-order chi connectivity index (χ1) is 8.59. The molecule has 0 bridgehead atoms. The second-order valence-electron chi connectivity index (χ2n) is 4.62. The Labute approximate surface area is 103 Å². The molecule has 1 aliphatic heterocycles. The summed E-state index contributed by atoms with van der Waals surface area (Å²) in [5, 5.41) is 0. The molecule has 0 aromatic carbocycles. The molecule has 18 heavy (non-hydrogen) atoms. The van der Waals surface area contributed by atoms with Crippen LogP contribution in [0.2, 0.25) is 0 Å². The van der Waals surface area contributed by atoms with Crippen LogP contribution in [-0.4, -0.2) is 31.8 Å². The fourth-order valence-electron chi connectivity index (χ4n) is 2.21. The Bertz CT molecular complexity index is 586. The van der Waals surface area contributed by atoms with Crippen molar-refractivity contribution in [2.45, 2.75) is 32.4 Å². The Kier molecular flexibility index (Phi) is 2.44. The van der Waals surface area contributed by atoms with Gasteiger partial charge in [0.25, 0.3) is 0 Å². The highest BCUT2D eigenvalue weighted by molar-refractivity contribution is 5.81. The molecule has 96 valence electrons. The van der Waals surface area contributed by atoms with Gasteiger partial charge in [-0.1, -0.05) is 6.92 Å². The molecule has 0 amide bonds. The normalized spacial score (nSPS) is 32.2. The van der Waals surface area contributed by atoms with Crippen LogP contribution >= 0.6 is 0 Å². The van der Waals surface area contributed by atoms with Crippen LogP contribution in [0.25, 0.3) is 11.2 Å². The number of alkyl halides is 1. The zero-order valence-electron chi connectivity index (χ0n) is 10.1. The minimum absolute atomic E-state index is 0.137. The Hall–Kier alpha value is -1.76. The fourth-order valence-corrected chi connectivity index (χ4v) is 2.21. The molecule has 7 heteroatoms. The number of rotatable bonds is 1. The van der Waals surface area contributed by atoms with Crippen LogP contribution < -0.4 is 5.73 Å². The van der Waals surface area contributed by atoms with Crippen molar-refractivity contribution in [1.29, 1.82) is 0 Å². The van der Waals surface area contributed by atoms with Gasteiger partial charge in [-0.3, -0.25) is 4.57 Å². The lowest BCUT2D eigenvalue weighted by Crippen LogP contribution is -2.19. The van der Waals surface area contributed by atoms with E-state index in [4.69, 9.17) is 10.5 Å². The van der Waals surface area contributed by atoms with E-state index in [1.165, 1.54) is 12.7 Å². The van der Waals surface area contributed by atoms with Crippen molar-refractivity contribution < 1.29 is 9.13 Å². The van der Waals surface area contributed by atoms with Crippen LogP contribution in [0.1, 0.15) is 20.1 Å². The third-order valence-corrected chi connectivity index (χ3v) is 3.53. The van der Waals surface area contributed by atoms with Crippen LogP contribution in [0.4, 0.5) is 10.2 Å². The summed E-state index contributed by atoms with van der Waals surface area (Å²) >= 11 is 0. The minimum atomic E-state index is -1.09. The molecular weight excluding hydrogens is 237 g/mol. The average molecular weight is 251 g/mol. The molecule has 1 fully saturated rings. The van der Waals surface area contributed by atoms with Gasteiger partial charge in [0.05, 0.1) is 12.4 Å². The van der Waals surface area contributed by atoms with Crippen molar-refractivity contribution in [3.8, 4) is 0 Å². The first-order valence-electron chi connectivity index (χ1n) is 5.82. The number of anilines is 1. The molecule has 6 nitrogen and oxygen atoms in total. The second-order valence-corrected chi connectivity index (χ2v) is 4.62. The molecule has 3 rings (SSSR count). The lowest BCUT2D eigenvalue weighted by Gasteiger charge is -2.15. The quantitative estimate of drug-likeness (QED) is 0.826. The number of nitrogens with zero attached hydrogens (tertiary/aromatic N) is 4. The van der Waals surface area contributed by atoms with Gasteiger partial charge in [-0.05, 0) is 6.92 Å². The van der Waals surface area contributed by atoms with Crippen molar-refractivity contribution in [3.63, 3.8) is 0 Å². The third-order valence-electron chi connectivity index (χ3n) is 3.53. The van der Waals surface area contributed by atoms with Crippen molar-refractivity contribution in [2.75, 3.05) is 5.73 Å². The Balaban J connectivity index is 2.08. The summed E-state index contributed by atoms with van der Waals surface area (Å²) in [6, 6.07) is 0. The van der Waals surface area contributed by atoms with Crippen molar-refractivity contribution in [1.82, 2.24) is 19.5 Å². The van der Waals surface area contributed by atoms with E-state index in [-0.39, 0.29) is 17.8 Å². The number of nitrogen functional groups attached to an aromatic ring is 1. The Morgan fingerprint density at radius 1 is 1.33 bits per heavy atom. The zero-order chi connectivity index (χ0) is 12.9. The molecule has 1 saturated heterocycles. The standard InChI is InChI=1S/C11H14FN5O/c1-5-6(2)18-11(7(5)12)17-4-16-8-9(13)14-3-15-10(8)17/h3-7,11H,1-2H3,(H2,13,14,15)/t5-,6-,7+,11-/m1/s1. The maximum Gasteiger partial charge on any atom is 0.168 e. The smallest absolute Gasteiger partial charge is 0.168 e. The van der Waals surface area contributed by atoms with Crippen LogP contribution in [0.3, 0.4) is 0 Å². The van der Waals surface area contributed by atoms with Gasteiger partial charge >= 0.3 is 0 Å². The molecule has 0 radical (unpaired) electrons. The molecule has 1 aliphatic rings. The van der Waals surface area contributed by atoms with Gasteiger partial charge in [0.15, 0.2) is 23.9 Å². The lowest BCUT2D eigenvalue weighted by atomic mass is 10.0. The van der Waals surface area contributed by atoms with Gasteiger partial charge in [0, 0.05) is 5.92 Å². The maximum absolute atomic E-state index is 14.2. The number of ether oxygens (including phenoxy) is 1. The van der Waals surface area contributed by atoms with E-state index < -0.39 is 12.4 Å². The van der Waals surface area contributed by atoms with E-state index in [2.05, 4.69) is 15.0 Å². The predicted octanol–water partition coefficient (Wildman–Crippen LogP) is 1.30. The summed E-state index contributed by atoms with van der Waals surface area (Å²) in [4.78, 5) is 12.1. The molecule has 3 heterocycles. The Morgan fingerprint density at radius 2 is 2.11 bits per heavy atom. The van der Waals surface area contributed by atoms with Crippen LogP contribution in [-0.2, 0) is 4.74 Å². The van der Waals surface area contributed by atoms with Gasteiger partial charge in [-0.15, -0.1) is 0 Å². The number of halogens is 1. The molecule has 0 unspecified atom stereocenters. The highest BCUT2D eigenvalue weighted by Gasteiger charge is 2.41. The molecule has 4 atom stereocenters. The number of imidazole rings is 1. The SMILES string of the molecule is C[C@H]1[C@H](F)[C@H](n2cnc3c(N)ncnc32)O[C@@H]1C. The third kappa shape index (κ3) is 1.47. The van der Waals surface area contributed by atoms with Crippen molar-refractivity contribution in [2.24, 2.45) is 5.92 Å². The number of nitrogens with two attached hydrogens (primary N) is 1. The molecule has 2 aromatic heterocycles. The number of hydrogen-bond acceptors (Lipinski definition) is 5. The minimum Gasteiger partial charge on any atom is -0.382 e. The molecule has 0 aliphatic carbocycles. The van der Waals surface area contributed by atoms with Crippen molar-refractivity contribution in [3.05, 3.63) is 12.7 Å². The second kappa shape index (κ2) is 3.88. The average Bonchev–Trinajstić information content (AvgIpc) is 2.88. The van der Waals surface area contributed by atoms with E-state index in [9.17, 15) is 4.39 Å². The molecule has 2 N–H and O–H groups in total. The predicted molar refractivity (Wildman–Crippen MR) is 63.4 cm³/mol. The summed E-state index contributed by atoms with van der Waals surface area (Å²) in [7, 11) is 0. The number of aromatic nitrogens is 4.